The van der Waals surface area contributed by atoms with Gasteiger partial charge in [-0.25, -0.2) is 0 Å². The van der Waals surface area contributed by atoms with Crippen LogP contribution in [0.25, 0.3) is 0 Å². The third-order valence-electron chi connectivity index (χ3n) is 3.88. The van der Waals surface area contributed by atoms with Gasteiger partial charge in [-0.3, -0.25) is 4.99 Å². The molecular formula is C15H22BrN3. The van der Waals surface area contributed by atoms with Gasteiger partial charge in [-0.1, -0.05) is 24.3 Å². The summed E-state index contributed by atoms with van der Waals surface area (Å²) in [7, 11) is 0. The molecule has 0 saturated heterocycles. The van der Waals surface area contributed by atoms with Gasteiger partial charge in [0.1, 0.15) is 0 Å². The Hall–Kier alpha value is -1.03. The van der Waals surface area contributed by atoms with Crippen LogP contribution in [0.2, 0.25) is 0 Å². The van der Waals surface area contributed by atoms with Crippen LogP contribution in [0.1, 0.15) is 30.4 Å². The number of nitrogens with zero attached hydrogens (tertiary/aromatic N) is 1. The molecule has 1 saturated carbocycles. The van der Waals surface area contributed by atoms with Crippen LogP contribution in [-0.2, 0) is 12.8 Å². The highest BCUT2D eigenvalue weighted by atomic mass is 79.9. The van der Waals surface area contributed by atoms with E-state index in [-0.39, 0.29) is 17.0 Å². The van der Waals surface area contributed by atoms with Gasteiger partial charge < -0.3 is 11.1 Å². The third-order valence-corrected chi connectivity index (χ3v) is 3.88. The van der Waals surface area contributed by atoms with Gasteiger partial charge in [0.2, 0.25) is 0 Å². The number of guanidine groups is 1. The topological polar surface area (TPSA) is 50.4 Å². The Morgan fingerprint density at radius 1 is 1.21 bits per heavy atom. The zero-order valence-corrected chi connectivity index (χ0v) is 12.9. The summed E-state index contributed by atoms with van der Waals surface area (Å²) in [5, 5.41) is 3.22. The van der Waals surface area contributed by atoms with Crippen LogP contribution in [0.4, 0.5) is 0 Å². The lowest BCUT2D eigenvalue weighted by Gasteiger charge is -2.07. The van der Waals surface area contributed by atoms with Gasteiger partial charge in [-0.2, -0.15) is 0 Å². The van der Waals surface area contributed by atoms with Crippen LogP contribution in [0, 0.1) is 5.92 Å². The standard InChI is InChI=1S/C15H21N3.BrH/c16-15(18-14-5-6-14)17-8-7-11-9-12-3-1-2-4-13(12)10-11;/h1-4,11,14H,5-10H2,(H3,16,17,18);1H. The van der Waals surface area contributed by atoms with Crippen LogP contribution < -0.4 is 11.1 Å². The summed E-state index contributed by atoms with van der Waals surface area (Å²) < 4.78 is 0. The van der Waals surface area contributed by atoms with Crippen molar-refractivity contribution in [3.05, 3.63) is 35.4 Å². The van der Waals surface area contributed by atoms with Crippen molar-refractivity contribution in [3.63, 3.8) is 0 Å². The summed E-state index contributed by atoms with van der Waals surface area (Å²) in [5.74, 6) is 1.38. The molecule has 0 bridgehead atoms. The molecule has 0 heterocycles. The lowest BCUT2D eigenvalue weighted by atomic mass is 10.0. The third kappa shape index (κ3) is 3.96. The molecule has 1 fully saturated rings. The number of hydrogen-bond donors (Lipinski definition) is 2. The minimum atomic E-state index is 0. The summed E-state index contributed by atoms with van der Waals surface area (Å²) in [6, 6.07) is 9.38. The second-order valence-electron chi connectivity index (χ2n) is 5.52. The van der Waals surface area contributed by atoms with E-state index < -0.39 is 0 Å². The highest BCUT2D eigenvalue weighted by molar-refractivity contribution is 8.93. The summed E-state index contributed by atoms with van der Waals surface area (Å²) in [4.78, 5) is 4.41. The number of aliphatic imine (C=N–C) groups is 1. The first-order valence-corrected chi connectivity index (χ1v) is 6.94. The Morgan fingerprint density at radius 3 is 2.42 bits per heavy atom. The van der Waals surface area contributed by atoms with Gasteiger partial charge >= 0.3 is 0 Å². The molecule has 0 spiro atoms. The van der Waals surface area contributed by atoms with E-state index in [0.29, 0.717) is 12.0 Å². The molecule has 0 atom stereocenters. The molecule has 3 nitrogen and oxygen atoms in total. The lowest BCUT2D eigenvalue weighted by Crippen LogP contribution is -2.33. The largest absolute Gasteiger partial charge is 0.370 e. The number of nitrogens with one attached hydrogen (secondary N) is 1. The Bertz CT molecular complexity index is 429. The molecule has 1 aromatic rings. The summed E-state index contributed by atoms with van der Waals surface area (Å²) in [6.07, 6.45) is 6.05. The van der Waals surface area contributed by atoms with E-state index in [9.17, 15) is 0 Å². The predicted octanol–water partition coefficient (Wildman–Crippen LogP) is 2.44. The summed E-state index contributed by atoms with van der Waals surface area (Å²) in [6.45, 7) is 0.851. The normalized spacial score (nSPS) is 18.8. The Labute approximate surface area is 125 Å². The molecule has 0 amide bonds. The second kappa shape index (κ2) is 6.42. The van der Waals surface area contributed by atoms with Crippen LogP contribution in [0.5, 0.6) is 0 Å². The van der Waals surface area contributed by atoms with E-state index in [1.807, 2.05) is 0 Å². The lowest BCUT2D eigenvalue weighted by molar-refractivity contribution is 0.522. The van der Waals surface area contributed by atoms with Crippen molar-refractivity contribution in [1.29, 1.82) is 0 Å². The van der Waals surface area contributed by atoms with Crippen molar-refractivity contribution in [2.75, 3.05) is 6.54 Å². The molecule has 3 N–H and O–H groups in total. The SMILES string of the molecule is Br.NC(=NCCC1Cc2ccccc2C1)NC1CC1. The molecule has 1 aromatic carbocycles. The first-order valence-electron chi connectivity index (χ1n) is 6.94. The van der Waals surface area contributed by atoms with Crippen molar-refractivity contribution in [3.8, 4) is 0 Å². The predicted molar refractivity (Wildman–Crippen MR) is 84.9 cm³/mol. The fourth-order valence-electron chi connectivity index (χ4n) is 2.70. The van der Waals surface area contributed by atoms with E-state index in [0.717, 1.165) is 18.9 Å². The first-order chi connectivity index (χ1) is 8.81. The average Bonchev–Trinajstić information content (AvgIpc) is 3.07. The molecule has 0 aliphatic heterocycles. The Balaban J connectivity index is 0.00000133. The maximum absolute atomic E-state index is 5.82. The van der Waals surface area contributed by atoms with Gasteiger partial charge in [0.25, 0.3) is 0 Å². The van der Waals surface area contributed by atoms with E-state index in [2.05, 4.69) is 34.6 Å². The number of nitrogens with two attached hydrogens (primary N) is 1. The Morgan fingerprint density at radius 2 is 1.84 bits per heavy atom. The van der Waals surface area contributed by atoms with Crippen molar-refractivity contribution in [1.82, 2.24) is 5.32 Å². The van der Waals surface area contributed by atoms with Crippen LogP contribution >= 0.6 is 17.0 Å². The number of halogens is 1. The van der Waals surface area contributed by atoms with Crippen molar-refractivity contribution >= 4 is 22.9 Å². The molecule has 0 aromatic heterocycles. The zero-order valence-electron chi connectivity index (χ0n) is 11.1. The highest BCUT2D eigenvalue weighted by Gasteiger charge is 2.22. The van der Waals surface area contributed by atoms with E-state index in [1.54, 1.807) is 0 Å². The first kappa shape index (κ1) is 14.4. The molecule has 3 rings (SSSR count). The van der Waals surface area contributed by atoms with Crippen LogP contribution in [-0.4, -0.2) is 18.5 Å². The fraction of sp³-hybridized carbons (Fsp3) is 0.533. The molecule has 2 aliphatic rings. The number of rotatable bonds is 4. The molecule has 0 radical (unpaired) electrons. The monoisotopic (exact) mass is 323 g/mol. The van der Waals surface area contributed by atoms with E-state index >= 15 is 0 Å². The average molecular weight is 324 g/mol. The fourth-order valence-corrected chi connectivity index (χ4v) is 2.70. The van der Waals surface area contributed by atoms with Gasteiger partial charge in [0, 0.05) is 12.6 Å². The minimum Gasteiger partial charge on any atom is -0.370 e. The van der Waals surface area contributed by atoms with Crippen molar-refractivity contribution < 1.29 is 0 Å². The van der Waals surface area contributed by atoms with Crippen LogP contribution in [0.3, 0.4) is 0 Å². The van der Waals surface area contributed by atoms with Gasteiger partial charge in [0.15, 0.2) is 5.96 Å². The second-order valence-corrected chi connectivity index (χ2v) is 5.52. The molecule has 104 valence electrons. The highest BCUT2D eigenvalue weighted by Crippen LogP contribution is 2.28. The zero-order chi connectivity index (χ0) is 12.4. The Kier molecular flexibility index (Phi) is 4.86. The van der Waals surface area contributed by atoms with Crippen molar-refractivity contribution in [2.24, 2.45) is 16.6 Å². The number of fused-ring (bicyclic) bond motifs is 1. The van der Waals surface area contributed by atoms with E-state index in [1.165, 1.54) is 36.8 Å². The molecule has 0 unspecified atom stereocenters. The minimum absolute atomic E-state index is 0. The quantitative estimate of drug-likeness (QED) is 0.660. The van der Waals surface area contributed by atoms with Gasteiger partial charge in [-0.15, -0.1) is 17.0 Å². The van der Waals surface area contributed by atoms with Crippen molar-refractivity contribution in [2.45, 2.75) is 38.1 Å². The summed E-state index contributed by atoms with van der Waals surface area (Å²) in [5.41, 5.74) is 8.87. The maximum atomic E-state index is 5.82. The van der Waals surface area contributed by atoms with E-state index in [4.69, 9.17) is 5.73 Å². The number of hydrogen-bond acceptors (Lipinski definition) is 1. The number of benzene rings is 1. The van der Waals surface area contributed by atoms with Crippen LogP contribution in [0.15, 0.2) is 29.3 Å². The molecule has 2 aliphatic carbocycles. The van der Waals surface area contributed by atoms with Gasteiger partial charge in [-0.05, 0) is 49.1 Å². The maximum Gasteiger partial charge on any atom is 0.188 e. The smallest absolute Gasteiger partial charge is 0.188 e. The molecule has 19 heavy (non-hydrogen) atoms. The summed E-state index contributed by atoms with van der Waals surface area (Å²) >= 11 is 0. The van der Waals surface area contributed by atoms with Gasteiger partial charge in [0.05, 0.1) is 0 Å². The molecule has 4 heteroatoms. The molecular weight excluding hydrogens is 302 g/mol.